The molecule has 1 aromatic carbocycles. The van der Waals surface area contributed by atoms with Gasteiger partial charge in [-0.2, -0.15) is 0 Å². The monoisotopic (exact) mass is 273 g/mol. The summed E-state index contributed by atoms with van der Waals surface area (Å²) in [5.74, 6) is 1.41. The minimum absolute atomic E-state index is 0.365. The third-order valence-electron chi connectivity index (χ3n) is 4.50. The fourth-order valence-corrected chi connectivity index (χ4v) is 3.15. The SMILES string of the molecule is CCCCN1CC(c2ccccc2)CC(CC)CC1=O. The Labute approximate surface area is 123 Å². The molecular formula is C18H27NO. The first-order valence-corrected chi connectivity index (χ1v) is 8.07. The molecule has 20 heavy (non-hydrogen) atoms. The van der Waals surface area contributed by atoms with Gasteiger partial charge in [0.05, 0.1) is 0 Å². The van der Waals surface area contributed by atoms with Gasteiger partial charge >= 0.3 is 0 Å². The van der Waals surface area contributed by atoms with E-state index in [9.17, 15) is 4.79 Å². The molecule has 1 heterocycles. The van der Waals surface area contributed by atoms with Crippen LogP contribution in [0.25, 0.3) is 0 Å². The second-order valence-corrected chi connectivity index (χ2v) is 6.02. The lowest BCUT2D eigenvalue weighted by molar-refractivity contribution is -0.131. The van der Waals surface area contributed by atoms with Gasteiger partial charge in [0.25, 0.3) is 0 Å². The largest absolute Gasteiger partial charge is 0.342 e. The number of amides is 1. The fraction of sp³-hybridized carbons (Fsp3) is 0.611. The minimum Gasteiger partial charge on any atom is -0.342 e. The zero-order valence-corrected chi connectivity index (χ0v) is 12.8. The van der Waals surface area contributed by atoms with Gasteiger partial charge in [-0.3, -0.25) is 4.79 Å². The number of hydrogen-bond acceptors (Lipinski definition) is 1. The molecule has 0 bridgehead atoms. The average Bonchev–Trinajstić information content (AvgIpc) is 2.65. The van der Waals surface area contributed by atoms with E-state index < -0.39 is 0 Å². The summed E-state index contributed by atoms with van der Waals surface area (Å²) in [6.45, 7) is 6.22. The maximum absolute atomic E-state index is 12.4. The molecule has 2 nitrogen and oxygen atoms in total. The Bertz CT molecular complexity index is 415. The van der Waals surface area contributed by atoms with Crippen LogP contribution in [0.2, 0.25) is 0 Å². The highest BCUT2D eigenvalue weighted by molar-refractivity contribution is 5.76. The molecule has 2 atom stereocenters. The van der Waals surface area contributed by atoms with Crippen LogP contribution < -0.4 is 0 Å². The van der Waals surface area contributed by atoms with Crippen molar-refractivity contribution in [3.63, 3.8) is 0 Å². The summed E-state index contributed by atoms with van der Waals surface area (Å²) >= 11 is 0. The van der Waals surface area contributed by atoms with Crippen LogP contribution in [0.15, 0.2) is 30.3 Å². The van der Waals surface area contributed by atoms with E-state index in [0.29, 0.717) is 17.7 Å². The van der Waals surface area contributed by atoms with Gasteiger partial charge in [-0.1, -0.05) is 57.0 Å². The van der Waals surface area contributed by atoms with E-state index in [1.165, 1.54) is 5.56 Å². The summed E-state index contributed by atoms with van der Waals surface area (Å²) < 4.78 is 0. The maximum atomic E-state index is 12.4. The van der Waals surface area contributed by atoms with Gasteiger partial charge < -0.3 is 4.90 Å². The van der Waals surface area contributed by atoms with Crippen molar-refractivity contribution in [2.24, 2.45) is 5.92 Å². The lowest BCUT2D eigenvalue weighted by Gasteiger charge is -2.25. The third-order valence-corrected chi connectivity index (χ3v) is 4.50. The number of rotatable bonds is 5. The number of carbonyl (C=O) groups excluding carboxylic acids is 1. The number of carbonyl (C=O) groups is 1. The molecule has 2 unspecified atom stereocenters. The summed E-state index contributed by atoms with van der Waals surface area (Å²) in [7, 11) is 0. The molecule has 0 aliphatic carbocycles. The molecule has 0 radical (unpaired) electrons. The van der Waals surface area contributed by atoms with Gasteiger partial charge in [-0.15, -0.1) is 0 Å². The highest BCUT2D eigenvalue weighted by Gasteiger charge is 2.28. The van der Waals surface area contributed by atoms with Crippen molar-refractivity contribution in [1.82, 2.24) is 4.90 Å². The predicted octanol–water partition coefficient (Wildman–Crippen LogP) is 4.22. The van der Waals surface area contributed by atoms with Crippen LogP contribution >= 0.6 is 0 Å². The molecule has 1 aromatic rings. The summed E-state index contributed by atoms with van der Waals surface area (Å²) in [5, 5.41) is 0. The molecule has 1 aliphatic rings. The van der Waals surface area contributed by atoms with Crippen molar-refractivity contribution in [2.75, 3.05) is 13.1 Å². The van der Waals surface area contributed by atoms with Crippen molar-refractivity contribution >= 4 is 5.91 Å². The molecule has 110 valence electrons. The van der Waals surface area contributed by atoms with Gasteiger partial charge in [-0.25, -0.2) is 0 Å². The van der Waals surface area contributed by atoms with E-state index in [-0.39, 0.29) is 0 Å². The zero-order chi connectivity index (χ0) is 14.4. The summed E-state index contributed by atoms with van der Waals surface area (Å²) in [4.78, 5) is 14.5. The number of hydrogen-bond donors (Lipinski definition) is 0. The van der Waals surface area contributed by atoms with Crippen LogP contribution in [-0.4, -0.2) is 23.9 Å². The van der Waals surface area contributed by atoms with Gasteiger partial charge in [0.2, 0.25) is 5.91 Å². The van der Waals surface area contributed by atoms with Crippen LogP contribution in [-0.2, 0) is 4.79 Å². The minimum atomic E-state index is 0.365. The molecule has 1 amide bonds. The molecular weight excluding hydrogens is 246 g/mol. The van der Waals surface area contributed by atoms with E-state index in [1.54, 1.807) is 0 Å². The Morgan fingerprint density at radius 3 is 2.60 bits per heavy atom. The van der Waals surface area contributed by atoms with Crippen molar-refractivity contribution in [2.45, 2.75) is 51.9 Å². The van der Waals surface area contributed by atoms with Gasteiger partial charge in [0.15, 0.2) is 0 Å². The van der Waals surface area contributed by atoms with E-state index in [4.69, 9.17) is 0 Å². The van der Waals surface area contributed by atoms with Gasteiger partial charge in [-0.05, 0) is 24.3 Å². The summed E-state index contributed by atoms with van der Waals surface area (Å²) in [6, 6.07) is 10.7. The molecule has 1 fully saturated rings. The Morgan fingerprint density at radius 1 is 1.20 bits per heavy atom. The van der Waals surface area contributed by atoms with Gasteiger partial charge in [0, 0.05) is 25.4 Å². The van der Waals surface area contributed by atoms with Crippen molar-refractivity contribution in [3.8, 4) is 0 Å². The molecule has 0 saturated carbocycles. The Hall–Kier alpha value is -1.31. The first-order chi connectivity index (χ1) is 9.74. The van der Waals surface area contributed by atoms with E-state index in [2.05, 4.69) is 49.1 Å². The van der Waals surface area contributed by atoms with Crippen molar-refractivity contribution in [3.05, 3.63) is 35.9 Å². The number of nitrogens with zero attached hydrogens (tertiary/aromatic N) is 1. The summed E-state index contributed by atoms with van der Waals surface area (Å²) in [6.07, 6.45) is 5.26. The summed E-state index contributed by atoms with van der Waals surface area (Å²) in [5.41, 5.74) is 1.39. The zero-order valence-electron chi connectivity index (χ0n) is 12.8. The quantitative estimate of drug-likeness (QED) is 0.786. The molecule has 1 aliphatic heterocycles. The van der Waals surface area contributed by atoms with Crippen LogP contribution in [0, 0.1) is 5.92 Å². The normalized spacial score (nSPS) is 23.7. The second-order valence-electron chi connectivity index (χ2n) is 6.02. The Balaban J connectivity index is 2.15. The van der Waals surface area contributed by atoms with Crippen molar-refractivity contribution < 1.29 is 4.79 Å². The van der Waals surface area contributed by atoms with E-state index >= 15 is 0 Å². The van der Waals surface area contributed by atoms with Crippen LogP contribution in [0.4, 0.5) is 0 Å². The molecule has 1 saturated heterocycles. The average molecular weight is 273 g/mol. The van der Waals surface area contributed by atoms with E-state index in [0.717, 1.165) is 45.2 Å². The lowest BCUT2D eigenvalue weighted by atomic mass is 9.87. The molecule has 0 N–H and O–H groups in total. The molecule has 0 aromatic heterocycles. The Kier molecular flexibility index (Phi) is 5.63. The Morgan fingerprint density at radius 2 is 1.95 bits per heavy atom. The van der Waals surface area contributed by atoms with E-state index in [1.807, 2.05) is 0 Å². The van der Waals surface area contributed by atoms with Crippen LogP contribution in [0.3, 0.4) is 0 Å². The molecule has 0 spiro atoms. The third kappa shape index (κ3) is 3.84. The topological polar surface area (TPSA) is 20.3 Å². The highest BCUT2D eigenvalue weighted by Crippen LogP contribution is 2.32. The number of likely N-dealkylation sites (tertiary alicyclic amines) is 1. The first-order valence-electron chi connectivity index (χ1n) is 8.07. The first kappa shape index (κ1) is 15.1. The standard InChI is InChI=1S/C18H27NO/c1-3-5-11-19-14-17(16-9-7-6-8-10-16)12-15(4-2)13-18(19)20/h6-10,15,17H,3-5,11-14H2,1-2H3. The molecule has 2 heteroatoms. The predicted molar refractivity (Wildman–Crippen MR) is 83.7 cm³/mol. The van der Waals surface area contributed by atoms with Crippen LogP contribution in [0.5, 0.6) is 0 Å². The highest BCUT2D eigenvalue weighted by atomic mass is 16.2. The lowest BCUT2D eigenvalue weighted by Crippen LogP contribution is -2.33. The fourth-order valence-electron chi connectivity index (χ4n) is 3.15. The van der Waals surface area contributed by atoms with Crippen LogP contribution in [0.1, 0.15) is 57.4 Å². The number of benzene rings is 1. The maximum Gasteiger partial charge on any atom is 0.222 e. The smallest absolute Gasteiger partial charge is 0.222 e. The second kappa shape index (κ2) is 7.47. The van der Waals surface area contributed by atoms with Crippen molar-refractivity contribution in [1.29, 1.82) is 0 Å². The number of unbranched alkanes of at least 4 members (excludes halogenated alkanes) is 1. The molecule has 2 rings (SSSR count). The van der Waals surface area contributed by atoms with Gasteiger partial charge in [0.1, 0.15) is 0 Å².